The molecule has 1 spiro atoms. The van der Waals surface area contributed by atoms with Crippen molar-refractivity contribution in [2.45, 2.75) is 18.4 Å². The van der Waals surface area contributed by atoms with Gasteiger partial charge in [0.25, 0.3) is 0 Å². The molecule has 1 aromatic heterocycles. The third-order valence-electron chi connectivity index (χ3n) is 5.78. The Morgan fingerprint density at radius 1 is 1.07 bits per heavy atom. The lowest BCUT2D eigenvalue weighted by Gasteiger charge is -2.38. The minimum absolute atomic E-state index is 0.0401. The van der Waals surface area contributed by atoms with Gasteiger partial charge in [0, 0.05) is 31.4 Å². The molecule has 0 amide bonds. The maximum atomic E-state index is 6.27. The van der Waals surface area contributed by atoms with Gasteiger partial charge in [0.1, 0.15) is 12.5 Å². The van der Waals surface area contributed by atoms with Crippen LogP contribution in [-0.2, 0) is 4.74 Å². The number of fused-ring (bicyclic) bond motifs is 1. The van der Waals surface area contributed by atoms with Gasteiger partial charge in [-0.05, 0) is 37.1 Å². The summed E-state index contributed by atoms with van der Waals surface area (Å²) >= 11 is 0. The highest BCUT2D eigenvalue weighted by molar-refractivity contribution is 5.79. The summed E-state index contributed by atoms with van der Waals surface area (Å²) in [5.41, 5.74) is 3.18. The van der Waals surface area contributed by atoms with Crippen molar-refractivity contribution in [1.29, 1.82) is 0 Å². The van der Waals surface area contributed by atoms with E-state index in [2.05, 4.69) is 45.1 Å². The maximum Gasteiger partial charge on any atom is 0.203 e. The van der Waals surface area contributed by atoms with Crippen LogP contribution in [-0.4, -0.2) is 49.0 Å². The van der Waals surface area contributed by atoms with Crippen LogP contribution in [0.2, 0.25) is 0 Å². The topological polar surface area (TPSA) is 53.6 Å². The van der Waals surface area contributed by atoms with Crippen molar-refractivity contribution < 1.29 is 9.47 Å². The number of para-hydroxylation sites is 1. The molecule has 3 heterocycles. The Morgan fingerprint density at radius 2 is 1.89 bits per heavy atom. The van der Waals surface area contributed by atoms with Gasteiger partial charge in [-0.1, -0.05) is 18.2 Å². The fourth-order valence-electron chi connectivity index (χ4n) is 4.14. The summed E-state index contributed by atoms with van der Waals surface area (Å²) in [6.07, 6.45) is 2.02. The molecule has 6 nitrogen and oxygen atoms in total. The highest BCUT2D eigenvalue weighted by Crippen LogP contribution is 2.35. The van der Waals surface area contributed by atoms with Crippen LogP contribution < -0.4 is 14.5 Å². The summed E-state index contributed by atoms with van der Waals surface area (Å²) in [7, 11) is 1.68. The second kappa shape index (κ2) is 6.46. The number of nitrogens with one attached hydrogen (secondary N) is 1. The molecular weight excluding hydrogens is 340 g/mol. The number of hydrogen-bond donors (Lipinski definition) is 1. The molecule has 0 atom stereocenters. The first-order valence-electron chi connectivity index (χ1n) is 9.47. The number of benzene rings is 2. The molecule has 2 saturated heterocycles. The molecule has 2 aliphatic rings. The van der Waals surface area contributed by atoms with Gasteiger partial charge >= 0.3 is 0 Å². The molecule has 0 radical (unpaired) electrons. The lowest BCUT2D eigenvalue weighted by Crippen LogP contribution is -2.47. The number of ether oxygens (including phenoxy) is 2. The van der Waals surface area contributed by atoms with Crippen LogP contribution in [0, 0.1) is 0 Å². The number of H-pyrrole nitrogens is 1. The molecule has 1 N–H and O–H groups in total. The SMILES string of the molecule is COc1ccc2nc(N3CCC4(CC3)CN(c3ccccc3)CO4)[nH]c2c1. The highest BCUT2D eigenvalue weighted by Gasteiger charge is 2.42. The quantitative estimate of drug-likeness (QED) is 0.772. The van der Waals surface area contributed by atoms with Crippen molar-refractivity contribution in [2.24, 2.45) is 0 Å². The Hall–Kier alpha value is -2.73. The van der Waals surface area contributed by atoms with Gasteiger partial charge in [-0.3, -0.25) is 0 Å². The van der Waals surface area contributed by atoms with Crippen LogP contribution in [0.5, 0.6) is 5.75 Å². The zero-order valence-corrected chi connectivity index (χ0v) is 15.5. The summed E-state index contributed by atoms with van der Waals surface area (Å²) in [6.45, 7) is 3.52. The van der Waals surface area contributed by atoms with E-state index in [1.165, 1.54) is 5.69 Å². The van der Waals surface area contributed by atoms with Gasteiger partial charge in [0.2, 0.25) is 5.95 Å². The second-order valence-corrected chi connectivity index (χ2v) is 7.42. The van der Waals surface area contributed by atoms with E-state index in [4.69, 9.17) is 14.5 Å². The summed E-state index contributed by atoms with van der Waals surface area (Å²) in [4.78, 5) is 12.9. The van der Waals surface area contributed by atoms with Crippen molar-refractivity contribution in [2.75, 3.05) is 43.3 Å². The largest absolute Gasteiger partial charge is 0.497 e. The second-order valence-electron chi connectivity index (χ2n) is 7.42. The first-order chi connectivity index (χ1) is 13.2. The molecule has 2 aliphatic heterocycles. The standard InChI is InChI=1S/C21H24N4O2/c1-26-17-7-8-18-19(13-17)23-20(22-18)24-11-9-21(10-12-24)14-25(15-27-21)16-5-3-2-4-6-16/h2-8,13H,9-12,14-15H2,1H3,(H,22,23). The average molecular weight is 364 g/mol. The van der Waals surface area contributed by atoms with Gasteiger partial charge in [0.15, 0.2) is 0 Å². The molecule has 140 valence electrons. The third-order valence-corrected chi connectivity index (χ3v) is 5.78. The number of methoxy groups -OCH3 is 1. The Bertz CT molecular complexity index is 932. The maximum absolute atomic E-state index is 6.27. The van der Waals surface area contributed by atoms with E-state index in [0.29, 0.717) is 6.73 Å². The fourth-order valence-corrected chi connectivity index (χ4v) is 4.14. The van der Waals surface area contributed by atoms with Crippen molar-refractivity contribution in [3.63, 3.8) is 0 Å². The van der Waals surface area contributed by atoms with E-state index < -0.39 is 0 Å². The summed E-state index contributed by atoms with van der Waals surface area (Å²) in [5, 5.41) is 0. The summed E-state index contributed by atoms with van der Waals surface area (Å²) < 4.78 is 11.6. The lowest BCUT2D eigenvalue weighted by molar-refractivity contribution is -0.00695. The van der Waals surface area contributed by atoms with E-state index >= 15 is 0 Å². The van der Waals surface area contributed by atoms with E-state index in [1.54, 1.807) is 7.11 Å². The van der Waals surface area contributed by atoms with Gasteiger partial charge in [-0.25, -0.2) is 4.98 Å². The molecule has 2 aromatic carbocycles. The van der Waals surface area contributed by atoms with Crippen molar-refractivity contribution in [3.05, 3.63) is 48.5 Å². The van der Waals surface area contributed by atoms with Crippen LogP contribution in [0.15, 0.2) is 48.5 Å². The van der Waals surface area contributed by atoms with Crippen LogP contribution in [0.25, 0.3) is 11.0 Å². The van der Waals surface area contributed by atoms with Crippen LogP contribution >= 0.6 is 0 Å². The smallest absolute Gasteiger partial charge is 0.203 e. The normalized spacial score (nSPS) is 19.1. The molecule has 2 fully saturated rings. The van der Waals surface area contributed by atoms with E-state index in [0.717, 1.165) is 55.2 Å². The van der Waals surface area contributed by atoms with E-state index in [1.807, 2.05) is 18.2 Å². The third kappa shape index (κ3) is 3.00. The van der Waals surface area contributed by atoms with Gasteiger partial charge < -0.3 is 24.3 Å². The number of imidazole rings is 1. The minimum atomic E-state index is -0.0401. The Kier molecular flexibility index (Phi) is 3.93. The van der Waals surface area contributed by atoms with Crippen LogP contribution in [0.3, 0.4) is 0 Å². The molecular formula is C21H24N4O2. The average Bonchev–Trinajstić information content (AvgIpc) is 3.33. The molecule has 27 heavy (non-hydrogen) atoms. The predicted molar refractivity (Wildman–Crippen MR) is 107 cm³/mol. The number of aromatic amines is 1. The molecule has 6 heteroatoms. The van der Waals surface area contributed by atoms with Crippen molar-refractivity contribution in [1.82, 2.24) is 9.97 Å². The van der Waals surface area contributed by atoms with Crippen LogP contribution in [0.1, 0.15) is 12.8 Å². The summed E-state index contributed by atoms with van der Waals surface area (Å²) in [6, 6.07) is 16.5. The number of nitrogens with zero attached hydrogens (tertiary/aromatic N) is 3. The van der Waals surface area contributed by atoms with Crippen LogP contribution in [0.4, 0.5) is 11.6 Å². The molecule has 0 unspecified atom stereocenters. The first-order valence-corrected chi connectivity index (χ1v) is 9.47. The fraction of sp³-hybridized carbons (Fsp3) is 0.381. The molecule has 0 saturated carbocycles. The Balaban J connectivity index is 1.28. The predicted octanol–water partition coefficient (Wildman–Crippen LogP) is 3.40. The van der Waals surface area contributed by atoms with E-state index in [9.17, 15) is 0 Å². The number of rotatable bonds is 3. The number of hydrogen-bond acceptors (Lipinski definition) is 5. The van der Waals surface area contributed by atoms with Gasteiger partial charge in [0.05, 0.1) is 23.7 Å². The Morgan fingerprint density at radius 3 is 2.67 bits per heavy atom. The highest BCUT2D eigenvalue weighted by atomic mass is 16.5. The lowest BCUT2D eigenvalue weighted by atomic mass is 9.91. The first kappa shape index (κ1) is 16.4. The molecule has 0 aliphatic carbocycles. The summed E-state index contributed by atoms with van der Waals surface area (Å²) in [5.74, 6) is 1.78. The number of anilines is 2. The zero-order chi connectivity index (χ0) is 18.3. The monoisotopic (exact) mass is 364 g/mol. The zero-order valence-electron chi connectivity index (χ0n) is 15.5. The number of piperidine rings is 1. The minimum Gasteiger partial charge on any atom is -0.497 e. The van der Waals surface area contributed by atoms with Gasteiger partial charge in [-0.2, -0.15) is 0 Å². The molecule has 5 rings (SSSR count). The van der Waals surface area contributed by atoms with Crippen molar-refractivity contribution >= 4 is 22.7 Å². The van der Waals surface area contributed by atoms with Gasteiger partial charge in [-0.15, -0.1) is 0 Å². The van der Waals surface area contributed by atoms with Crippen molar-refractivity contribution in [3.8, 4) is 5.75 Å². The molecule has 0 bridgehead atoms. The molecule has 3 aromatic rings. The van der Waals surface area contributed by atoms with E-state index in [-0.39, 0.29) is 5.60 Å². The Labute approximate surface area is 158 Å². The number of aromatic nitrogens is 2.